The van der Waals surface area contributed by atoms with Crippen molar-refractivity contribution in [1.29, 1.82) is 0 Å². The molecule has 0 aromatic rings. The summed E-state index contributed by atoms with van der Waals surface area (Å²) in [5.74, 6) is -1.68. The van der Waals surface area contributed by atoms with E-state index in [0.717, 1.165) is 70.6 Å². The Morgan fingerprint density at radius 3 is 1.56 bits per heavy atom. The number of unbranched alkanes of at least 4 members (excludes halogenated alkanes) is 13. The van der Waals surface area contributed by atoms with E-state index in [1.807, 2.05) is 12.2 Å². The van der Waals surface area contributed by atoms with Crippen LogP contribution in [0.5, 0.6) is 0 Å². The molecule has 7 N–H and O–H groups in total. The summed E-state index contributed by atoms with van der Waals surface area (Å²) in [6, 6.07) is 0. The second kappa shape index (κ2) is 38.8. The molecule has 1 fully saturated rings. The maximum absolute atomic E-state index is 13.0. The molecule has 390 valence electrons. The summed E-state index contributed by atoms with van der Waals surface area (Å²) in [6.45, 7) is 2.84. The zero-order chi connectivity index (χ0) is 50.5. The van der Waals surface area contributed by atoms with Crippen molar-refractivity contribution >= 4 is 33.4 Å². The number of ether oxygens (including phenoxy) is 2. The largest absolute Gasteiger partial charge is 0.472 e. The first kappa shape index (κ1) is 63.1. The number of ketones is 1. The van der Waals surface area contributed by atoms with Crippen LogP contribution in [0.4, 0.5) is 0 Å². The highest BCUT2D eigenvalue weighted by Crippen LogP contribution is 2.49. The molecule has 0 spiro atoms. The van der Waals surface area contributed by atoms with Gasteiger partial charge in [0.2, 0.25) is 0 Å². The summed E-state index contributed by atoms with van der Waals surface area (Å²) < 4.78 is 49.2. The molecule has 0 amide bonds. The van der Waals surface area contributed by atoms with Gasteiger partial charge in [-0.05, 0) is 76.7 Å². The van der Waals surface area contributed by atoms with Gasteiger partial charge in [0.25, 0.3) is 0 Å². The lowest BCUT2D eigenvalue weighted by atomic mass is 9.85. The zero-order valence-corrected chi connectivity index (χ0v) is 42.0. The minimum absolute atomic E-state index is 0.0183. The molecule has 8 atom stereocenters. The number of phosphoric acid groups is 2. The van der Waals surface area contributed by atoms with Crippen molar-refractivity contribution in [3.8, 4) is 0 Å². The van der Waals surface area contributed by atoms with E-state index < -0.39 is 83.5 Å². The van der Waals surface area contributed by atoms with Crippen molar-refractivity contribution < 1.29 is 81.7 Å². The normalized spacial score (nSPS) is 21.8. The van der Waals surface area contributed by atoms with E-state index >= 15 is 0 Å². The van der Waals surface area contributed by atoms with Gasteiger partial charge in [0.1, 0.15) is 43.2 Å². The van der Waals surface area contributed by atoms with E-state index in [0.29, 0.717) is 12.8 Å². The Bertz CT molecular complexity index is 1650. The Morgan fingerprint density at radius 1 is 0.515 bits per heavy atom. The molecule has 1 rings (SSSR count). The van der Waals surface area contributed by atoms with Crippen molar-refractivity contribution in [2.75, 3.05) is 13.2 Å². The Hall–Kier alpha value is -2.89. The summed E-state index contributed by atoms with van der Waals surface area (Å²) in [7, 11) is -10.8. The van der Waals surface area contributed by atoms with Gasteiger partial charge < -0.3 is 44.6 Å². The molecule has 1 saturated carbocycles. The first-order valence-corrected chi connectivity index (χ1v) is 27.5. The van der Waals surface area contributed by atoms with E-state index in [1.165, 1.54) is 44.6 Å². The highest BCUT2D eigenvalue weighted by molar-refractivity contribution is 7.47. The molecule has 0 aromatic heterocycles. The average Bonchev–Trinajstić information content (AvgIpc) is 3.29. The van der Waals surface area contributed by atoms with Gasteiger partial charge in [0.05, 0.1) is 6.61 Å². The highest BCUT2D eigenvalue weighted by atomic mass is 31.2. The van der Waals surface area contributed by atoms with Gasteiger partial charge in [-0.2, -0.15) is 0 Å². The topological polar surface area (TPSA) is 273 Å². The van der Waals surface area contributed by atoms with Crippen LogP contribution in [-0.4, -0.2) is 109 Å². The van der Waals surface area contributed by atoms with E-state index in [2.05, 4.69) is 60.9 Å². The minimum Gasteiger partial charge on any atom is -0.462 e. The molecule has 0 saturated heterocycles. The Morgan fingerprint density at radius 2 is 1.00 bits per heavy atom. The Balaban J connectivity index is 2.67. The Labute approximate surface area is 404 Å². The molecule has 5 unspecified atom stereocenters. The van der Waals surface area contributed by atoms with Crippen LogP contribution in [0.2, 0.25) is 0 Å². The smallest absolute Gasteiger partial charge is 0.462 e. The third kappa shape index (κ3) is 32.8. The molecular weight excluding hydrogens is 922 g/mol. The quantitative estimate of drug-likeness (QED) is 0.00754. The third-order valence-corrected chi connectivity index (χ3v) is 12.2. The van der Waals surface area contributed by atoms with Crippen LogP contribution in [0.3, 0.4) is 0 Å². The van der Waals surface area contributed by atoms with Gasteiger partial charge in [0.15, 0.2) is 11.9 Å². The number of hydrogen-bond donors (Lipinski definition) is 7. The van der Waals surface area contributed by atoms with Gasteiger partial charge in [-0.3, -0.25) is 28.0 Å². The maximum atomic E-state index is 13.0. The van der Waals surface area contributed by atoms with Crippen molar-refractivity contribution in [2.45, 2.75) is 204 Å². The first-order valence-electron chi connectivity index (χ1n) is 24.4. The lowest BCUT2D eigenvalue weighted by Crippen LogP contribution is -2.64. The molecule has 1 aliphatic carbocycles. The summed E-state index contributed by atoms with van der Waals surface area (Å²) in [5.41, 5.74) is 0. The van der Waals surface area contributed by atoms with Crippen LogP contribution in [0.15, 0.2) is 72.9 Å². The second-order valence-corrected chi connectivity index (χ2v) is 19.5. The molecule has 0 bridgehead atoms. The molecule has 68 heavy (non-hydrogen) atoms. The first-order chi connectivity index (χ1) is 32.5. The molecule has 0 aromatic carbocycles. The fraction of sp³-hybridized carbons (Fsp3) is 0.694. The summed E-state index contributed by atoms with van der Waals surface area (Å²) >= 11 is 0. The maximum Gasteiger partial charge on any atom is 0.472 e. The molecule has 0 heterocycles. The van der Waals surface area contributed by atoms with Gasteiger partial charge in [0, 0.05) is 19.3 Å². The monoisotopic (exact) mass is 1000 g/mol. The van der Waals surface area contributed by atoms with Crippen molar-refractivity contribution in [2.24, 2.45) is 0 Å². The van der Waals surface area contributed by atoms with Crippen LogP contribution >= 0.6 is 15.6 Å². The number of allylic oxidation sites excluding steroid dienone is 12. The lowest BCUT2D eigenvalue weighted by Gasteiger charge is -2.43. The number of hydrogen-bond acceptors (Lipinski definition) is 14. The van der Waals surface area contributed by atoms with Gasteiger partial charge in [-0.15, -0.1) is 0 Å². The second-order valence-electron chi connectivity index (χ2n) is 16.9. The molecular formula is C49H82O17P2. The van der Waals surface area contributed by atoms with E-state index in [-0.39, 0.29) is 31.5 Å². The van der Waals surface area contributed by atoms with Crippen molar-refractivity contribution in [1.82, 2.24) is 0 Å². The van der Waals surface area contributed by atoms with Crippen LogP contribution in [0.25, 0.3) is 0 Å². The molecule has 0 radical (unpaired) electrons. The zero-order valence-electron chi connectivity index (χ0n) is 40.3. The number of phosphoric ester groups is 2. The molecule has 17 nitrogen and oxygen atoms in total. The van der Waals surface area contributed by atoms with Crippen molar-refractivity contribution in [3.63, 3.8) is 0 Å². The third-order valence-electron chi connectivity index (χ3n) is 10.7. The van der Waals surface area contributed by atoms with Crippen LogP contribution in [0.1, 0.15) is 162 Å². The number of aliphatic hydroxyl groups excluding tert-OH is 4. The van der Waals surface area contributed by atoms with Gasteiger partial charge in [-0.1, -0.05) is 138 Å². The molecule has 19 heteroatoms. The number of aliphatic hydroxyl groups is 4. The summed E-state index contributed by atoms with van der Waals surface area (Å²) in [4.78, 5) is 66.6. The van der Waals surface area contributed by atoms with Gasteiger partial charge in [-0.25, -0.2) is 9.13 Å². The number of carbonyl (C=O) groups excluding carboxylic acids is 3. The van der Waals surface area contributed by atoms with Crippen LogP contribution < -0.4 is 0 Å². The van der Waals surface area contributed by atoms with E-state index in [9.17, 15) is 58.6 Å². The summed E-state index contributed by atoms with van der Waals surface area (Å²) in [6.07, 6.45) is 28.5. The average molecular weight is 1010 g/mol. The molecule has 1 aliphatic rings. The molecule has 0 aliphatic heterocycles. The highest BCUT2D eigenvalue weighted by Gasteiger charge is 2.54. The van der Waals surface area contributed by atoms with Crippen LogP contribution in [-0.2, 0) is 46.6 Å². The fourth-order valence-corrected chi connectivity index (χ4v) is 8.43. The number of rotatable bonds is 40. The predicted molar refractivity (Wildman–Crippen MR) is 260 cm³/mol. The standard InChI is InChI=1S/C49H82O17P2/c1-3-5-7-9-11-13-15-17-18-19-20-22-24-26-28-30-32-36-43(52)64-41(39-63-68(60,61)66-49-46(55)44(53)45(54)48(47(49)56)65-67(57,58)59)38-62-42(51)37-33-35-40(50)34-31-29-27-25-23-21-16-14-12-10-8-6-4-2/h11-14,17-18,21,23,27,29,31,34,41,44-49,53-56H,3-10,15-16,19-20,22,24-26,28,30,32-33,35-39H2,1-2H3,(H,60,61)(H2,57,58,59)/b13-11-,14-12-,18-17-,23-21-,29-27-,34-31+/t41-,44?,45?,46?,47?,48-,49+/m1/s1. The van der Waals surface area contributed by atoms with E-state index in [4.69, 9.17) is 18.5 Å². The minimum atomic E-state index is -5.39. The SMILES string of the molecule is CCCCC/C=C\C/C=C\C/C=C\C=C\C(=O)CCCC(=O)OC[C@H](COP(=O)(O)O[C@H]1C(O)C(O)C(O)[C@@H](OP(=O)(O)O)C1O)OC(=O)CCCCCCCCC/C=C\C/C=C\CCCCC. The number of carbonyl (C=O) groups is 3. The van der Waals surface area contributed by atoms with Gasteiger partial charge >= 0.3 is 27.6 Å². The number of esters is 2. The predicted octanol–water partition coefficient (Wildman–Crippen LogP) is 8.80. The van der Waals surface area contributed by atoms with Crippen molar-refractivity contribution in [3.05, 3.63) is 72.9 Å². The fourth-order valence-electron chi connectivity index (χ4n) is 6.89. The van der Waals surface area contributed by atoms with Crippen LogP contribution in [0, 0.1) is 0 Å². The Kier molecular flexibility index (Phi) is 36.0. The van der Waals surface area contributed by atoms with E-state index in [1.54, 1.807) is 12.2 Å². The summed E-state index contributed by atoms with van der Waals surface area (Å²) in [5, 5.41) is 41.2. The lowest BCUT2D eigenvalue weighted by molar-refractivity contribution is -0.216.